The van der Waals surface area contributed by atoms with Crippen molar-refractivity contribution in [1.82, 2.24) is 0 Å². The molecule has 0 aliphatic carbocycles. The SMILES string of the molecule is O=[SH](=O)C1Oc2ccccc2O1. The van der Waals surface area contributed by atoms with Gasteiger partial charge in [0.1, 0.15) is 0 Å². The van der Waals surface area contributed by atoms with Crippen LogP contribution < -0.4 is 9.47 Å². The van der Waals surface area contributed by atoms with Crippen LogP contribution in [0.15, 0.2) is 24.3 Å². The molecule has 0 unspecified atom stereocenters. The molecule has 12 heavy (non-hydrogen) atoms. The summed E-state index contributed by atoms with van der Waals surface area (Å²) in [4.78, 5) is 0. The standard InChI is InChI=1S/C7H6O4S/c8-12(9)7-10-5-3-1-2-4-6(5)11-7/h1-4,7,12H. The van der Waals surface area contributed by atoms with E-state index in [9.17, 15) is 8.42 Å². The first kappa shape index (κ1) is 7.42. The lowest BCUT2D eigenvalue weighted by atomic mass is 10.3. The molecule has 0 atom stereocenters. The first-order chi connectivity index (χ1) is 5.77. The van der Waals surface area contributed by atoms with Crippen molar-refractivity contribution in [1.29, 1.82) is 0 Å². The van der Waals surface area contributed by atoms with Gasteiger partial charge in [-0.15, -0.1) is 0 Å². The zero-order valence-corrected chi connectivity index (χ0v) is 6.86. The fourth-order valence-corrected chi connectivity index (χ4v) is 1.37. The lowest BCUT2D eigenvalue weighted by Gasteiger charge is -1.99. The third kappa shape index (κ3) is 1.12. The Morgan fingerprint density at radius 1 is 1.08 bits per heavy atom. The first-order valence-electron chi connectivity index (χ1n) is 3.33. The fourth-order valence-electron chi connectivity index (χ4n) is 0.972. The number of hydrogen-bond donors (Lipinski definition) is 1. The minimum absolute atomic E-state index is 0.474. The summed E-state index contributed by atoms with van der Waals surface area (Å²) < 4.78 is 30.8. The summed E-state index contributed by atoms with van der Waals surface area (Å²) in [6.07, 6.45) is 0. The zero-order valence-electron chi connectivity index (χ0n) is 5.97. The molecule has 5 heteroatoms. The van der Waals surface area contributed by atoms with Crippen LogP contribution in [0, 0.1) is 0 Å². The predicted octanol–water partition coefficient (Wildman–Crippen LogP) is 0.353. The van der Waals surface area contributed by atoms with Gasteiger partial charge in [-0.2, -0.15) is 0 Å². The second-order valence-electron chi connectivity index (χ2n) is 2.27. The summed E-state index contributed by atoms with van der Waals surface area (Å²) >= 11 is 0. The Labute approximate surface area is 70.7 Å². The van der Waals surface area contributed by atoms with E-state index in [2.05, 4.69) is 0 Å². The molecule has 0 spiro atoms. The Morgan fingerprint density at radius 3 is 2.00 bits per heavy atom. The van der Waals surface area contributed by atoms with Crippen molar-refractivity contribution in [3.05, 3.63) is 24.3 Å². The molecule has 0 radical (unpaired) electrons. The lowest BCUT2D eigenvalue weighted by Crippen LogP contribution is -2.18. The Hall–Kier alpha value is -1.23. The van der Waals surface area contributed by atoms with E-state index in [4.69, 9.17) is 9.47 Å². The molecule has 1 heterocycles. The highest BCUT2D eigenvalue weighted by molar-refractivity contribution is 7.72. The van der Waals surface area contributed by atoms with Gasteiger partial charge >= 0.3 is 5.62 Å². The van der Waals surface area contributed by atoms with Crippen molar-refractivity contribution in [2.45, 2.75) is 5.62 Å². The third-order valence-electron chi connectivity index (χ3n) is 1.48. The van der Waals surface area contributed by atoms with Crippen LogP contribution in [0.25, 0.3) is 0 Å². The molecule has 64 valence electrons. The lowest BCUT2D eigenvalue weighted by molar-refractivity contribution is 0.128. The molecule has 2 rings (SSSR count). The van der Waals surface area contributed by atoms with E-state index >= 15 is 0 Å². The molecule has 0 fully saturated rings. The molecule has 1 aromatic carbocycles. The molecular weight excluding hydrogens is 180 g/mol. The van der Waals surface area contributed by atoms with Gasteiger partial charge in [0, 0.05) is 0 Å². The highest BCUT2D eigenvalue weighted by Gasteiger charge is 2.25. The van der Waals surface area contributed by atoms with Crippen molar-refractivity contribution in [2.75, 3.05) is 0 Å². The van der Waals surface area contributed by atoms with E-state index in [1.54, 1.807) is 24.3 Å². The number of para-hydroxylation sites is 2. The number of rotatable bonds is 1. The fraction of sp³-hybridized carbons (Fsp3) is 0.143. The van der Waals surface area contributed by atoms with Crippen LogP contribution in [0.1, 0.15) is 0 Å². The summed E-state index contributed by atoms with van der Waals surface area (Å²) in [5.41, 5.74) is -1.16. The average molecular weight is 186 g/mol. The molecule has 0 saturated carbocycles. The van der Waals surface area contributed by atoms with Gasteiger partial charge in [0.2, 0.25) is 10.7 Å². The summed E-state index contributed by atoms with van der Waals surface area (Å²) in [6.45, 7) is 0. The summed E-state index contributed by atoms with van der Waals surface area (Å²) in [7, 11) is -2.69. The first-order valence-corrected chi connectivity index (χ1v) is 4.58. The normalized spacial score (nSPS) is 15.4. The van der Waals surface area contributed by atoms with E-state index in [0.717, 1.165) is 0 Å². The van der Waals surface area contributed by atoms with Gasteiger partial charge < -0.3 is 9.47 Å². The number of benzene rings is 1. The van der Waals surface area contributed by atoms with Gasteiger partial charge in [-0.1, -0.05) is 12.1 Å². The number of thiol groups is 1. The third-order valence-corrected chi connectivity index (χ3v) is 2.03. The van der Waals surface area contributed by atoms with E-state index in [-0.39, 0.29) is 0 Å². The van der Waals surface area contributed by atoms with Crippen molar-refractivity contribution < 1.29 is 17.9 Å². The van der Waals surface area contributed by atoms with Crippen LogP contribution in [0.3, 0.4) is 0 Å². The maximum atomic E-state index is 10.5. The van der Waals surface area contributed by atoms with Crippen LogP contribution in [-0.4, -0.2) is 14.0 Å². The molecule has 0 N–H and O–H groups in total. The summed E-state index contributed by atoms with van der Waals surface area (Å²) in [5.74, 6) is 0.948. The smallest absolute Gasteiger partial charge is 0.343 e. The van der Waals surface area contributed by atoms with Crippen molar-refractivity contribution in [2.24, 2.45) is 0 Å². The van der Waals surface area contributed by atoms with Crippen molar-refractivity contribution in [3.8, 4) is 11.5 Å². The molecule has 0 saturated heterocycles. The molecule has 1 aliphatic rings. The Bertz CT molecular complexity index is 338. The van der Waals surface area contributed by atoms with Gasteiger partial charge in [0.25, 0.3) is 0 Å². The highest BCUT2D eigenvalue weighted by atomic mass is 32.2. The molecule has 0 bridgehead atoms. The second-order valence-corrected chi connectivity index (χ2v) is 3.27. The Kier molecular flexibility index (Phi) is 1.65. The Morgan fingerprint density at radius 2 is 1.58 bits per heavy atom. The molecule has 4 nitrogen and oxygen atoms in total. The minimum atomic E-state index is -2.69. The van der Waals surface area contributed by atoms with Crippen LogP contribution in [0.5, 0.6) is 11.5 Å². The molecule has 0 amide bonds. The number of hydrogen-bond acceptors (Lipinski definition) is 4. The molecule has 0 aromatic heterocycles. The second kappa shape index (κ2) is 2.67. The Balaban J connectivity index is 2.33. The van der Waals surface area contributed by atoms with Gasteiger partial charge in [-0.25, -0.2) is 8.42 Å². The van der Waals surface area contributed by atoms with Gasteiger partial charge in [-0.05, 0) is 12.1 Å². The van der Waals surface area contributed by atoms with E-state index in [1.165, 1.54) is 0 Å². The van der Waals surface area contributed by atoms with Crippen LogP contribution in [-0.2, 0) is 10.7 Å². The van der Waals surface area contributed by atoms with E-state index in [0.29, 0.717) is 11.5 Å². The van der Waals surface area contributed by atoms with Crippen LogP contribution >= 0.6 is 0 Å². The predicted molar refractivity (Wildman–Crippen MR) is 41.8 cm³/mol. The zero-order chi connectivity index (χ0) is 8.55. The van der Waals surface area contributed by atoms with E-state index < -0.39 is 16.3 Å². The van der Waals surface area contributed by atoms with Crippen LogP contribution in [0.2, 0.25) is 0 Å². The van der Waals surface area contributed by atoms with Crippen molar-refractivity contribution in [3.63, 3.8) is 0 Å². The van der Waals surface area contributed by atoms with Crippen molar-refractivity contribution >= 4 is 10.7 Å². The van der Waals surface area contributed by atoms with E-state index in [1.807, 2.05) is 0 Å². The van der Waals surface area contributed by atoms with Gasteiger partial charge in [0.15, 0.2) is 11.5 Å². The summed E-state index contributed by atoms with van der Waals surface area (Å²) in [6, 6.07) is 6.83. The maximum absolute atomic E-state index is 10.5. The molecule has 1 aromatic rings. The highest BCUT2D eigenvalue weighted by Crippen LogP contribution is 2.33. The minimum Gasteiger partial charge on any atom is -0.438 e. The number of fused-ring (bicyclic) bond motifs is 1. The monoisotopic (exact) mass is 186 g/mol. The average Bonchev–Trinajstić information content (AvgIpc) is 2.46. The topological polar surface area (TPSA) is 52.6 Å². The van der Waals surface area contributed by atoms with Gasteiger partial charge in [0.05, 0.1) is 0 Å². The summed E-state index contributed by atoms with van der Waals surface area (Å²) in [5, 5.41) is 0. The number of ether oxygens (including phenoxy) is 2. The quantitative estimate of drug-likeness (QED) is 0.643. The molecule has 1 aliphatic heterocycles. The largest absolute Gasteiger partial charge is 0.438 e. The maximum Gasteiger partial charge on any atom is 0.343 e. The molecular formula is C7H6O4S. The van der Waals surface area contributed by atoms with Gasteiger partial charge in [-0.3, -0.25) is 0 Å². The van der Waals surface area contributed by atoms with Crippen LogP contribution in [0.4, 0.5) is 0 Å².